The van der Waals surface area contributed by atoms with E-state index in [0.29, 0.717) is 11.3 Å². The van der Waals surface area contributed by atoms with Crippen molar-refractivity contribution >= 4 is 50.2 Å². The van der Waals surface area contributed by atoms with Crippen molar-refractivity contribution in [3.8, 4) is 0 Å². The Morgan fingerprint density at radius 2 is 2.17 bits per heavy atom. The molecular weight excluding hydrogens is 323 g/mol. The maximum Gasteiger partial charge on any atom is 0.300 e. The summed E-state index contributed by atoms with van der Waals surface area (Å²) in [6, 6.07) is 0.931. The first-order chi connectivity index (χ1) is 8.38. The molecule has 0 aliphatic rings. The third-order valence-electron chi connectivity index (χ3n) is 1.75. The van der Waals surface area contributed by atoms with E-state index in [4.69, 9.17) is 23.2 Å². The van der Waals surface area contributed by atoms with Gasteiger partial charge >= 0.3 is 0 Å². The van der Waals surface area contributed by atoms with Gasteiger partial charge in [0, 0.05) is 18.5 Å². The van der Waals surface area contributed by atoms with E-state index in [1.165, 1.54) is 6.08 Å². The molecule has 0 aliphatic carbocycles. The fourth-order valence-corrected chi connectivity index (χ4v) is 3.78. The van der Waals surface area contributed by atoms with Crippen LogP contribution in [0.5, 0.6) is 0 Å². The summed E-state index contributed by atoms with van der Waals surface area (Å²) >= 11 is 11.6. The van der Waals surface area contributed by atoms with Crippen molar-refractivity contribution in [2.75, 3.05) is 12.4 Å². The van der Waals surface area contributed by atoms with Crippen LogP contribution < -0.4 is 4.72 Å². The smallest absolute Gasteiger partial charge is 0.258 e. The minimum absolute atomic E-state index is 0.0539. The van der Waals surface area contributed by atoms with E-state index in [0.717, 1.165) is 6.07 Å². The van der Waals surface area contributed by atoms with E-state index in [2.05, 4.69) is 4.72 Å². The highest BCUT2D eigenvalue weighted by Gasteiger charge is 2.24. The van der Waals surface area contributed by atoms with E-state index >= 15 is 0 Å². The zero-order valence-corrected chi connectivity index (χ0v) is 11.9. The molecule has 1 rings (SSSR count). The van der Waals surface area contributed by atoms with Gasteiger partial charge in [-0.15, -0.1) is 22.9 Å². The summed E-state index contributed by atoms with van der Waals surface area (Å²) in [5, 5.41) is 10.5. The summed E-state index contributed by atoms with van der Waals surface area (Å²) in [6.45, 7) is 0.0539. The first kappa shape index (κ1) is 15.4. The van der Waals surface area contributed by atoms with E-state index in [1.807, 2.05) is 0 Å². The maximum absolute atomic E-state index is 11.7. The van der Waals surface area contributed by atoms with Crippen molar-refractivity contribution in [1.82, 2.24) is 4.72 Å². The molecule has 0 spiro atoms. The molecule has 0 saturated carbocycles. The summed E-state index contributed by atoms with van der Waals surface area (Å²) in [5.41, 5.74) is -0.418. The van der Waals surface area contributed by atoms with Crippen molar-refractivity contribution in [3.05, 3.63) is 32.7 Å². The quantitative estimate of drug-likeness (QED) is 0.375. The van der Waals surface area contributed by atoms with Crippen molar-refractivity contribution in [2.45, 2.75) is 4.21 Å². The van der Waals surface area contributed by atoms with Gasteiger partial charge in [0.1, 0.15) is 4.21 Å². The van der Waals surface area contributed by atoms with E-state index < -0.39 is 20.6 Å². The zero-order chi connectivity index (χ0) is 13.8. The molecular formula is C8H8Cl2N2O4S2. The Bertz CT molecular complexity index is 568. The number of alkyl halides is 1. The number of nitrogens with one attached hydrogen (secondary N) is 1. The molecule has 18 heavy (non-hydrogen) atoms. The highest BCUT2D eigenvalue weighted by atomic mass is 35.5. The molecule has 0 aliphatic heterocycles. The fraction of sp³-hybridized carbons (Fsp3) is 0.250. The summed E-state index contributed by atoms with van der Waals surface area (Å²) < 4.78 is 25.3. The fourth-order valence-electron chi connectivity index (χ4n) is 0.971. The first-order valence-corrected chi connectivity index (χ1v) is 7.74. The van der Waals surface area contributed by atoms with Crippen molar-refractivity contribution < 1.29 is 13.3 Å². The predicted molar refractivity (Wildman–Crippen MR) is 71.0 cm³/mol. The molecule has 0 unspecified atom stereocenters. The lowest BCUT2D eigenvalue weighted by molar-refractivity contribution is -0.384. The molecule has 10 heteroatoms. The third-order valence-corrected chi connectivity index (χ3v) is 5.17. The number of nitrogens with zero attached hydrogens (tertiary/aromatic N) is 1. The Hall–Kier alpha value is -0.670. The van der Waals surface area contributed by atoms with Crippen LogP contribution in [-0.2, 0) is 10.0 Å². The highest BCUT2D eigenvalue weighted by molar-refractivity contribution is 7.91. The Balaban J connectivity index is 2.89. The SMILES string of the molecule is O=[N+]([O-])c1cc(S(=O)(=O)NC/C=C/CCl)sc1Cl. The van der Waals surface area contributed by atoms with Gasteiger partial charge in [-0.2, -0.15) is 0 Å². The lowest BCUT2D eigenvalue weighted by Gasteiger charge is -1.99. The van der Waals surface area contributed by atoms with Gasteiger partial charge in [0.15, 0.2) is 4.34 Å². The average molecular weight is 331 g/mol. The number of hydrogen-bond donors (Lipinski definition) is 1. The van der Waals surface area contributed by atoms with Crippen LogP contribution in [0.2, 0.25) is 4.34 Å². The average Bonchev–Trinajstić information content (AvgIpc) is 2.68. The van der Waals surface area contributed by atoms with Gasteiger partial charge < -0.3 is 0 Å². The normalized spacial score (nSPS) is 12.1. The van der Waals surface area contributed by atoms with Crippen molar-refractivity contribution in [3.63, 3.8) is 0 Å². The highest BCUT2D eigenvalue weighted by Crippen LogP contribution is 2.35. The molecule has 0 amide bonds. The zero-order valence-electron chi connectivity index (χ0n) is 8.80. The second-order valence-electron chi connectivity index (χ2n) is 2.96. The Labute approximate surface area is 117 Å². The van der Waals surface area contributed by atoms with Crippen LogP contribution in [0.4, 0.5) is 5.69 Å². The van der Waals surface area contributed by atoms with Crippen LogP contribution in [0.15, 0.2) is 22.4 Å². The second kappa shape index (κ2) is 6.48. The number of allylic oxidation sites excluding steroid dienone is 1. The number of halogens is 2. The Morgan fingerprint density at radius 3 is 2.67 bits per heavy atom. The number of sulfonamides is 1. The van der Waals surface area contributed by atoms with Crippen LogP contribution in [0.1, 0.15) is 0 Å². The van der Waals surface area contributed by atoms with Crippen LogP contribution in [0.25, 0.3) is 0 Å². The third kappa shape index (κ3) is 3.92. The molecule has 0 fully saturated rings. The standard InChI is InChI=1S/C8H8Cl2N2O4S2/c9-3-1-2-4-11-18(15,16)7-5-6(12(13)14)8(10)17-7/h1-2,5,11H,3-4H2/b2-1+. The predicted octanol–water partition coefficient (Wildman–Crippen LogP) is 2.38. The largest absolute Gasteiger partial charge is 0.300 e. The summed E-state index contributed by atoms with van der Waals surface area (Å²) in [6.07, 6.45) is 3.11. The van der Waals surface area contributed by atoms with Gasteiger partial charge in [-0.1, -0.05) is 23.8 Å². The molecule has 0 radical (unpaired) electrons. The lowest BCUT2D eigenvalue weighted by atomic mass is 10.5. The molecule has 0 bridgehead atoms. The summed E-state index contributed by atoms with van der Waals surface area (Å²) in [7, 11) is -3.79. The lowest BCUT2D eigenvalue weighted by Crippen LogP contribution is -2.22. The van der Waals surface area contributed by atoms with E-state index in [9.17, 15) is 18.5 Å². The van der Waals surface area contributed by atoms with E-state index in [1.54, 1.807) is 6.08 Å². The van der Waals surface area contributed by atoms with Crippen LogP contribution in [0.3, 0.4) is 0 Å². The number of nitro groups is 1. The molecule has 0 aromatic carbocycles. The summed E-state index contributed by atoms with van der Waals surface area (Å²) in [5.74, 6) is 0.276. The minimum atomic E-state index is -3.79. The molecule has 0 atom stereocenters. The van der Waals surface area contributed by atoms with Gasteiger partial charge in [0.05, 0.1) is 4.92 Å². The Morgan fingerprint density at radius 1 is 1.50 bits per heavy atom. The monoisotopic (exact) mass is 330 g/mol. The number of thiophene rings is 1. The van der Waals surface area contributed by atoms with Crippen LogP contribution in [-0.4, -0.2) is 25.8 Å². The second-order valence-corrected chi connectivity index (χ2v) is 6.92. The van der Waals surface area contributed by atoms with Crippen LogP contribution >= 0.6 is 34.5 Å². The maximum atomic E-state index is 11.7. The van der Waals surface area contributed by atoms with Gasteiger partial charge in [0.2, 0.25) is 0 Å². The molecule has 1 heterocycles. The van der Waals surface area contributed by atoms with E-state index in [-0.39, 0.29) is 21.0 Å². The molecule has 6 nitrogen and oxygen atoms in total. The van der Waals surface area contributed by atoms with Gasteiger partial charge in [0.25, 0.3) is 15.7 Å². The molecule has 1 aromatic heterocycles. The molecule has 0 saturated heterocycles. The summed E-state index contributed by atoms with van der Waals surface area (Å²) in [4.78, 5) is 9.82. The van der Waals surface area contributed by atoms with Crippen LogP contribution in [0, 0.1) is 10.1 Å². The number of rotatable bonds is 6. The number of hydrogen-bond acceptors (Lipinski definition) is 5. The molecule has 100 valence electrons. The Kier molecular flexibility index (Phi) is 5.54. The van der Waals surface area contributed by atoms with Gasteiger partial charge in [-0.25, -0.2) is 13.1 Å². The van der Waals surface area contributed by atoms with Gasteiger partial charge in [-0.3, -0.25) is 10.1 Å². The van der Waals surface area contributed by atoms with Crippen molar-refractivity contribution in [1.29, 1.82) is 0 Å². The minimum Gasteiger partial charge on any atom is -0.258 e. The topological polar surface area (TPSA) is 89.3 Å². The molecule has 1 N–H and O–H groups in total. The molecule has 1 aromatic rings. The first-order valence-electron chi connectivity index (χ1n) is 4.53. The van der Waals surface area contributed by atoms with Crippen molar-refractivity contribution in [2.24, 2.45) is 0 Å². The van der Waals surface area contributed by atoms with Gasteiger partial charge in [-0.05, 0) is 0 Å².